The SMILES string of the molecule is CCc1ccc(C2=Cc3ccccc3C2C(OC)OC)cc1. The van der Waals surface area contributed by atoms with Gasteiger partial charge in [-0.2, -0.15) is 0 Å². The van der Waals surface area contributed by atoms with E-state index >= 15 is 0 Å². The Hall–Kier alpha value is -1.90. The summed E-state index contributed by atoms with van der Waals surface area (Å²) in [6.45, 7) is 2.17. The second kappa shape index (κ2) is 6.47. The molecule has 1 aliphatic rings. The van der Waals surface area contributed by atoms with Crippen LogP contribution in [0.4, 0.5) is 0 Å². The summed E-state index contributed by atoms with van der Waals surface area (Å²) in [5.74, 6) is 0.110. The minimum Gasteiger partial charge on any atom is -0.355 e. The van der Waals surface area contributed by atoms with Crippen molar-refractivity contribution in [2.75, 3.05) is 14.2 Å². The second-order valence-electron chi connectivity index (χ2n) is 5.60. The van der Waals surface area contributed by atoms with Gasteiger partial charge >= 0.3 is 0 Å². The van der Waals surface area contributed by atoms with E-state index in [1.54, 1.807) is 14.2 Å². The van der Waals surface area contributed by atoms with Gasteiger partial charge in [0.15, 0.2) is 6.29 Å². The molecule has 22 heavy (non-hydrogen) atoms. The van der Waals surface area contributed by atoms with Gasteiger partial charge < -0.3 is 9.47 Å². The van der Waals surface area contributed by atoms with E-state index in [0.29, 0.717) is 0 Å². The van der Waals surface area contributed by atoms with E-state index in [0.717, 1.165) is 6.42 Å². The fourth-order valence-electron chi connectivity index (χ4n) is 3.21. The van der Waals surface area contributed by atoms with Gasteiger partial charge in [-0.15, -0.1) is 0 Å². The van der Waals surface area contributed by atoms with Crippen molar-refractivity contribution in [3.8, 4) is 0 Å². The zero-order valence-corrected chi connectivity index (χ0v) is 13.4. The van der Waals surface area contributed by atoms with Crippen LogP contribution >= 0.6 is 0 Å². The van der Waals surface area contributed by atoms with Crippen LogP contribution in [-0.4, -0.2) is 20.5 Å². The molecule has 0 saturated carbocycles. The smallest absolute Gasteiger partial charge is 0.167 e. The van der Waals surface area contributed by atoms with Gasteiger partial charge in [-0.3, -0.25) is 0 Å². The minimum absolute atomic E-state index is 0.110. The molecule has 0 aliphatic heterocycles. The lowest BCUT2D eigenvalue weighted by Crippen LogP contribution is -2.23. The van der Waals surface area contributed by atoms with Crippen molar-refractivity contribution >= 4 is 11.6 Å². The molecular formula is C20H22O2. The molecule has 0 radical (unpaired) electrons. The molecule has 1 unspecified atom stereocenters. The maximum atomic E-state index is 5.57. The third-order valence-corrected chi connectivity index (χ3v) is 4.41. The highest BCUT2D eigenvalue weighted by atomic mass is 16.7. The molecule has 0 N–H and O–H groups in total. The van der Waals surface area contributed by atoms with Crippen LogP contribution in [0.1, 0.15) is 35.1 Å². The first-order chi connectivity index (χ1) is 10.8. The van der Waals surface area contributed by atoms with Crippen LogP contribution in [0.3, 0.4) is 0 Å². The highest BCUT2D eigenvalue weighted by Gasteiger charge is 2.33. The Balaban J connectivity index is 2.04. The Bertz CT molecular complexity index is 666. The third kappa shape index (κ3) is 2.60. The van der Waals surface area contributed by atoms with E-state index in [1.165, 1.54) is 27.8 Å². The molecule has 0 heterocycles. The van der Waals surface area contributed by atoms with Crippen LogP contribution in [0.15, 0.2) is 48.5 Å². The van der Waals surface area contributed by atoms with Crippen LogP contribution in [0.5, 0.6) is 0 Å². The molecule has 0 amide bonds. The predicted octanol–water partition coefficient (Wildman–Crippen LogP) is 4.51. The minimum atomic E-state index is -0.277. The van der Waals surface area contributed by atoms with Crippen molar-refractivity contribution in [3.63, 3.8) is 0 Å². The van der Waals surface area contributed by atoms with Crippen molar-refractivity contribution in [1.82, 2.24) is 0 Å². The number of hydrogen-bond acceptors (Lipinski definition) is 2. The van der Waals surface area contributed by atoms with E-state index in [-0.39, 0.29) is 12.2 Å². The standard InChI is InChI=1S/C20H22O2/c1-4-14-9-11-15(12-10-14)18-13-16-7-5-6-8-17(16)19(18)20(21-2)22-3/h5-13,19-20H,4H2,1-3H3. The van der Waals surface area contributed by atoms with Crippen molar-refractivity contribution < 1.29 is 9.47 Å². The first kappa shape index (κ1) is 15.0. The Morgan fingerprint density at radius 1 is 0.955 bits per heavy atom. The largest absolute Gasteiger partial charge is 0.355 e. The quantitative estimate of drug-likeness (QED) is 0.756. The molecule has 3 rings (SSSR count). The molecule has 2 aromatic carbocycles. The summed E-state index contributed by atoms with van der Waals surface area (Å²) in [6, 6.07) is 17.3. The number of fused-ring (bicyclic) bond motifs is 1. The van der Waals surface area contributed by atoms with Crippen LogP contribution in [0.2, 0.25) is 0 Å². The zero-order chi connectivity index (χ0) is 15.5. The molecular weight excluding hydrogens is 272 g/mol. The summed E-state index contributed by atoms with van der Waals surface area (Å²) in [4.78, 5) is 0. The molecule has 0 fully saturated rings. The molecule has 1 atom stereocenters. The lowest BCUT2D eigenvalue weighted by atomic mass is 9.90. The van der Waals surface area contributed by atoms with Crippen molar-refractivity contribution in [3.05, 3.63) is 70.8 Å². The van der Waals surface area contributed by atoms with Gasteiger partial charge in [-0.25, -0.2) is 0 Å². The van der Waals surface area contributed by atoms with Gasteiger partial charge in [0, 0.05) is 14.2 Å². The summed E-state index contributed by atoms with van der Waals surface area (Å²) < 4.78 is 11.1. The van der Waals surface area contributed by atoms with E-state index in [1.807, 2.05) is 0 Å². The van der Waals surface area contributed by atoms with E-state index in [9.17, 15) is 0 Å². The average molecular weight is 294 g/mol. The number of rotatable bonds is 5. The van der Waals surface area contributed by atoms with Gasteiger partial charge in [0.25, 0.3) is 0 Å². The second-order valence-corrected chi connectivity index (χ2v) is 5.60. The average Bonchev–Trinajstić information content (AvgIpc) is 2.96. The fraction of sp³-hybridized carbons (Fsp3) is 0.300. The van der Waals surface area contributed by atoms with Crippen molar-refractivity contribution in [2.24, 2.45) is 0 Å². The maximum Gasteiger partial charge on any atom is 0.167 e. The molecule has 2 nitrogen and oxygen atoms in total. The Kier molecular flexibility index (Phi) is 4.41. The van der Waals surface area contributed by atoms with E-state index in [4.69, 9.17) is 9.47 Å². The van der Waals surface area contributed by atoms with E-state index in [2.05, 4.69) is 61.5 Å². The first-order valence-electron chi connectivity index (χ1n) is 7.74. The Morgan fingerprint density at radius 3 is 2.27 bits per heavy atom. The summed E-state index contributed by atoms with van der Waals surface area (Å²) in [5, 5.41) is 0. The third-order valence-electron chi connectivity index (χ3n) is 4.41. The normalized spacial score (nSPS) is 16.7. The fourth-order valence-corrected chi connectivity index (χ4v) is 3.21. The first-order valence-corrected chi connectivity index (χ1v) is 7.74. The molecule has 2 heteroatoms. The van der Waals surface area contributed by atoms with Gasteiger partial charge in [0.05, 0.1) is 5.92 Å². The summed E-state index contributed by atoms with van der Waals surface area (Å²) in [5.41, 5.74) is 6.37. The molecule has 2 aromatic rings. The molecule has 0 bridgehead atoms. The predicted molar refractivity (Wildman–Crippen MR) is 90.7 cm³/mol. The number of benzene rings is 2. The highest BCUT2D eigenvalue weighted by molar-refractivity contribution is 5.91. The van der Waals surface area contributed by atoms with Crippen molar-refractivity contribution in [2.45, 2.75) is 25.6 Å². The van der Waals surface area contributed by atoms with Crippen LogP contribution < -0.4 is 0 Å². The molecule has 1 aliphatic carbocycles. The Labute approximate surface area is 132 Å². The van der Waals surface area contributed by atoms with Gasteiger partial charge in [0.2, 0.25) is 0 Å². The number of aryl methyl sites for hydroxylation is 1. The van der Waals surface area contributed by atoms with Gasteiger partial charge in [0.1, 0.15) is 0 Å². The lowest BCUT2D eigenvalue weighted by Gasteiger charge is -2.25. The Morgan fingerprint density at radius 2 is 1.64 bits per heavy atom. The number of ether oxygens (including phenoxy) is 2. The molecule has 0 saturated heterocycles. The lowest BCUT2D eigenvalue weighted by molar-refractivity contribution is -0.107. The number of methoxy groups -OCH3 is 2. The monoisotopic (exact) mass is 294 g/mol. The van der Waals surface area contributed by atoms with Gasteiger partial charge in [-0.05, 0) is 34.2 Å². The topological polar surface area (TPSA) is 18.5 Å². The van der Waals surface area contributed by atoms with Gasteiger partial charge in [-0.1, -0.05) is 61.5 Å². The van der Waals surface area contributed by atoms with E-state index < -0.39 is 0 Å². The van der Waals surface area contributed by atoms with Crippen LogP contribution in [-0.2, 0) is 15.9 Å². The zero-order valence-electron chi connectivity index (χ0n) is 13.4. The van der Waals surface area contributed by atoms with Crippen molar-refractivity contribution in [1.29, 1.82) is 0 Å². The summed E-state index contributed by atoms with van der Waals surface area (Å²) in [7, 11) is 3.40. The molecule has 0 aromatic heterocycles. The summed E-state index contributed by atoms with van der Waals surface area (Å²) >= 11 is 0. The summed E-state index contributed by atoms with van der Waals surface area (Å²) in [6.07, 6.45) is 3.04. The highest BCUT2D eigenvalue weighted by Crippen LogP contribution is 2.44. The number of hydrogen-bond donors (Lipinski definition) is 0. The van der Waals surface area contributed by atoms with Crippen LogP contribution in [0, 0.1) is 0 Å². The maximum absolute atomic E-state index is 5.57. The molecule has 114 valence electrons. The molecule has 0 spiro atoms. The van der Waals surface area contributed by atoms with Crippen LogP contribution in [0.25, 0.3) is 11.6 Å².